The van der Waals surface area contributed by atoms with Gasteiger partial charge in [-0.15, -0.1) is 0 Å². The molecule has 0 aliphatic carbocycles. The van der Waals surface area contributed by atoms with Gasteiger partial charge in [0.25, 0.3) is 0 Å². The van der Waals surface area contributed by atoms with E-state index in [-0.39, 0.29) is 37.5 Å². The highest BCUT2D eigenvalue weighted by molar-refractivity contribution is 5.71. The molecule has 0 N–H and O–H groups in total. The summed E-state index contributed by atoms with van der Waals surface area (Å²) in [5.41, 5.74) is 0. The summed E-state index contributed by atoms with van der Waals surface area (Å²) in [5.74, 6) is -1.03. The first-order valence-corrected chi connectivity index (χ1v) is 33.3. The van der Waals surface area contributed by atoms with E-state index >= 15 is 0 Å². The Balaban J connectivity index is 4.59. The van der Waals surface area contributed by atoms with Crippen molar-refractivity contribution in [2.75, 3.05) is 13.2 Å². The zero-order valence-corrected chi connectivity index (χ0v) is 53.1. The van der Waals surface area contributed by atoms with E-state index in [2.05, 4.69) is 203 Å². The van der Waals surface area contributed by atoms with Crippen molar-refractivity contribution in [3.63, 3.8) is 0 Å². The number of rotatable bonds is 58. The Morgan fingerprint density at radius 2 is 0.482 bits per heavy atom. The van der Waals surface area contributed by atoms with Gasteiger partial charge in [0.1, 0.15) is 13.2 Å². The standard InChI is InChI=1S/C77H120O6/c1-4-7-10-13-16-19-22-25-28-31-33-35-37-38-40-41-43-46-49-52-55-58-61-64-67-70-76(79)82-73-74(72-81-75(78)69-66-63-60-57-54-51-48-45-30-27-24-21-18-15-12-9-6-3)83-77(80)71-68-65-62-59-56-53-50-47-44-42-39-36-34-32-29-26-23-20-17-14-11-8-5-2/h7-8,10-11,16-17,19-20,25-30,33-36,38,40,42-44,46,50,52-53,55,59,62,74H,4-6,9,12-15,18,21-24,31-32,37,39,41,45,47-49,51,54,56-58,60-61,63-73H2,1-3H3/b10-7-,11-8-,19-16-,20-17-,28-25-,29-26-,30-27-,35-33-,36-34-,40-38-,44-42-,46-43-,53-50-,55-52-,62-59-. The van der Waals surface area contributed by atoms with E-state index in [0.29, 0.717) is 19.3 Å². The number of hydrogen-bond donors (Lipinski definition) is 0. The average molecular weight is 1140 g/mol. The van der Waals surface area contributed by atoms with Gasteiger partial charge >= 0.3 is 17.9 Å². The minimum absolute atomic E-state index is 0.123. The maximum Gasteiger partial charge on any atom is 0.306 e. The summed E-state index contributed by atoms with van der Waals surface area (Å²) >= 11 is 0. The van der Waals surface area contributed by atoms with Gasteiger partial charge in [0.05, 0.1) is 0 Å². The van der Waals surface area contributed by atoms with Crippen LogP contribution in [0.3, 0.4) is 0 Å². The molecule has 1 unspecified atom stereocenters. The monoisotopic (exact) mass is 1140 g/mol. The number of carbonyl (C=O) groups is 3. The maximum absolute atomic E-state index is 12.9. The van der Waals surface area contributed by atoms with Crippen LogP contribution in [0.5, 0.6) is 0 Å². The van der Waals surface area contributed by atoms with Crippen molar-refractivity contribution in [1.82, 2.24) is 0 Å². The molecule has 464 valence electrons. The van der Waals surface area contributed by atoms with Gasteiger partial charge in [0.15, 0.2) is 6.10 Å². The van der Waals surface area contributed by atoms with Gasteiger partial charge in [0, 0.05) is 19.3 Å². The van der Waals surface area contributed by atoms with Crippen LogP contribution in [-0.2, 0) is 28.6 Å². The van der Waals surface area contributed by atoms with E-state index in [9.17, 15) is 14.4 Å². The number of allylic oxidation sites excluding steroid dienone is 30. The van der Waals surface area contributed by atoms with Gasteiger partial charge in [-0.05, 0) is 154 Å². The van der Waals surface area contributed by atoms with Crippen LogP contribution >= 0.6 is 0 Å². The summed E-state index contributed by atoms with van der Waals surface area (Å²) in [5, 5.41) is 0. The van der Waals surface area contributed by atoms with Crippen molar-refractivity contribution in [1.29, 1.82) is 0 Å². The molecule has 0 aromatic carbocycles. The Labute approximate surface area is 510 Å². The molecule has 0 bridgehead atoms. The molecule has 6 heteroatoms. The van der Waals surface area contributed by atoms with Gasteiger partial charge in [0.2, 0.25) is 0 Å². The highest BCUT2D eigenvalue weighted by Crippen LogP contribution is 2.14. The van der Waals surface area contributed by atoms with Crippen LogP contribution in [0.2, 0.25) is 0 Å². The minimum atomic E-state index is -0.837. The molecule has 0 heterocycles. The summed E-state index contributed by atoms with van der Waals surface area (Å²) < 4.78 is 16.9. The van der Waals surface area contributed by atoms with Gasteiger partial charge in [-0.1, -0.05) is 274 Å². The highest BCUT2D eigenvalue weighted by Gasteiger charge is 2.19. The summed E-state index contributed by atoms with van der Waals surface area (Å²) in [7, 11) is 0. The molecule has 0 saturated heterocycles. The predicted molar refractivity (Wildman–Crippen MR) is 361 cm³/mol. The zero-order chi connectivity index (χ0) is 59.9. The smallest absolute Gasteiger partial charge is 0.306 e. The lowest BCUT2D eigenvalue weighted by molar-refractivity contribution is -0.167. The zero-order valence-electron chi connectivity index (χ0n) is 53.1. The van der Waals surface area contributed by atoms with Crippen LogP contribution in [0, 0.1) is 0 Å². The molecular weight excluding hydrogens is 1020 g/mol. The third-order valence-electron chi connectivity index (χ3n) is 13.4. The van der Waals surface area contributed by atoms with E-state index in [1.807, 2.05) is 0 Å². The van der Waals surface area contributed by atoms with E-state index in [1.54, 1.807) is 0 Å². The van der Waals surface area contributed by atoms with Crippen molar-refractivity contribution in [3.8, 4) is 0 Å². The Morgan fingerprint density at radius 1 is 0.253 bits per heavy atom. The van der Waals surface area contributed by atoms with Gasteiger partial charge < -0.3 is 14.2 Å². The molecule has 0 aromatic rings. The van der Waals surface area contributed by atoms with E-state index in [4.69, 9.17) is 14.2 Å². The maximum atomic E-state index is 12.9. The minimum Gasteiger partial charge on any atom is -0.462 e. The second-order valence-electron chi connectivity index (χ2n) is 21.3. The van der Waals surface area contributed by atoms with Crippen LogP contribution in [0.25, 0.3) is 0 Å². The van der Waals surface area contributed by atoms with Crippen molar-refractivity contribution in [2.45, 2.75) is 271 Å². The molecule has 0 fully saturated rings. The van der Waals surface area contributed by atoms with Crippen molar-refractivity contribution >= 4 is 17.9 Å². The van der Waals surface area contributed by atoms with Crippen molar-refractivity contribution in [3.05, 3.63) is 182 Å². The van der Waals surface area contributed by atoms with Crippen LogP contribution in [0.15, 0.2) is 182 Å². The first-order chi connectivity index (χ1) is 41.0. The Hall–Kier alpha value is -5.49. The van der Waals surface area contributed by atoms with Crippen molar-refractivity contribution < 1.29 is 28.6 Å². The fraction of sp³-hybridized carbons (Fsp3) is 0.571. The van der Waals surface area contributed by atoms with Gasteiger partial charge in [-0.2, -0.15) is 0 Å². The molecule has 0 aliphatic rings. The molecule has 0 radical (unpaired) electrons. The molecule has 0 amide bonds. The normalized spacial score (nSPS) is 13.3. The van der Waals surface area contributed by atoms with Crippen LogP contribution in [0.1, 0.15) is 265 Å². The topological polar surface area (TPSA) is 78.9 Å². The molecule has 0 spiro atoms. The third kappa shape index (κ3) is 67.2. The number of hydrogen-bond acceptors (Lipinski definition) is 6. The molecule has 0 rings (SSSR count). The largest absolute Gasteiger partial charge is 0.462 e. The van der Waals surface area contributed by atoms with E-state index < -0.39 is 6.10 Å². The van der Waals surface area contributed by atoms with Gasteiger partial charge in [-0.3, -0.25) is 14.4 Å². The molecule has 83 heavy (non-hydrogen) atoms. The molecular formula is C77H120O6. The Bertz CT molecular complexity index is 1940. The number of carbonyl (C=O) groups excluding carboxylic acids is 3. The molecule has 0 saturated carbocycles. The van der Waals surface area contributed by atoms with Crippen LogP contribution in [0.4, 0.5) is 0 Å². The second-order valence-corrected chi connectivity index (χ2v) is 21.3. The third-order valence-corrected chi connectivity index (χ3v) is 13.4. The highest BCUT2D eigenvalue weighted by atomic mass is 16.6. The SMILES string of the molecule is CC/C=C\C/C=C\C/C=C\C/C=C\C/C=C\C/C=C\C/C=C\CCCCCC(=O)OCC(COC(=O)CCCCCCCCC/C=C\CCCCCCCC)OC(=O)CCC/C=C\C/C=C\C/C=C\C/C=C\C/C=C\C/C=C\C/C=C\CC. The quantitative estimate of drug-likeness (QED) is 0.0261. The molecule has 0 aliphatic heterocycles. The lowest BCUT2D eigenvalue weighted by atomic mass is 10.1. The first kappa shape index (κ1) is 77.5. The predicted octanol–water partition coefficient (Wildman–Crippen LogP) is 23.2. The molecule has 1 atom stereocenters. The fourth-order valence-electron chi connectivity index (χ4n) is 8.46. The van der Waals surface area contributed by atoms with E-state index in [0.717, 1.165) is 141 Å². The number of ether oxygens (including phenoxy) is 3. The average Bonchev–Trinajstić information content (AvgIpc) is 3.49. The lowest BCUT2D eigenvalue weighted by Gasteiger charge is -2.18. The number of esters is 3. The van der Waals surface area contributed by atoms with Crippen LogP contribution in [-0.4, -0.2) is 37.2 Å². The fourth-order valence-corrected chi connectivity index (χ4v) is 8.46. The Morgan fingerprint density at radius 3 is 0.795 bits per heavy atom. The molecule has 0 aromatic heterocycles. The van der Waals surface area contributed by atoms with Crippen LogP contribution < -0.4 is 0 Å². The summed E-state index contributed by atoms with van der Waals surface area (Å²) in [6.07, 6.45) is 103. The van der Waals surface area contributed by atoms with E-state index in [1.165, 1.54) is 77.0 Å². The number of unbranched alkanes of at least 4 members (excludes halogenated alkanes) is 17. The first-order valence-electron chi connectivity index (χ1n) is 33.3. The summed E-state index contributed by atoms with van der Waals surface area (Å²) in [4.78, 5) is 38.4. The van der Waals surface area contributed by atoms with Gasteiger partial charge in [-0.25, -0.2) is 0 Å². The second kappa shape index (κ2) is 69.0. The summed E-state index contributed by atoms with van der Waals surface area (Å²) in [6.45, 7) is 6.33. The van der Waals surface area contributed by atoms with Crippen molar-refractivity contribution in [2.24, 2.45) is 0 Å². The Kier molecular flexibility index (Phi) is 64.4. The summed E-state index contributed by atoms with van der Waals surface area (Å²) in [6, 6.07) is 0. The molecule has 6 nitrogen and oxygen atoms in total. The lowest BCUT2D eigenvalue weighted by Crippen LogP contribution is -2.30.